The highest BCUT2D eigenvalue weighted by Crippen LogP contribution is 2.20. The van der Waals surface area contributed by atoms with Gasteiger partial charge in [-0.05, 0) is 61.7 Å². The van der Waals surface area contributed by atoms with E-state index in [0.717, 1.165) is 30.4 Å². The molecule has 20 heavy (non-hydrogen) atoms. The minimum atomic E-state index is -0.0771. The number of rotatable bonds is 2. The predicted molar refractivity (Wildman–Crippen MR) is 83.8 cm³/mol. The lowest BCUT2D eigenvalue weighted by Gasteiger charge is -2.41. The number of hydrogen-bond acceptors (Lipinski definition) is 3. The second-order valence-electron chi connectivity index (χ2n) is 6.27. The van der Waals surface area contributed by atoms with Gasteiger partial charge < -0.3 is 5.32 Å². The molecule has 0 radical (unpaired) electrons. The number of halogens is 1. The van der Waals surface area contributed by atoms with Gasteiger partial charge in [-0.3, -0.25) is 9.69 Å². The molecule has 0 saturated carbocycles. The summed E-state index contributed by atoms with van der Waals surface area (Å²) in [7, 11) is 0. The van der Waals surface area contributed by atoms with Crippen LogP contribution < -0.4 is 5.32 Å². The average molecular weight is 340 g/mol. The van der Waals surface area contributed by atoms with Crippen LogP contribution in [0, 0.1) is 0 Å². The molecule has 1 aromatic rings. The van der Waals surface area contributed by atoms with Crippen molar-refractivity contribution in [1.29, 1.82) is 0 Å². The van der Waals surface area contributed by atoms with E-state index in [2.05, 4.69) is 51.9 Å². The fraction of sp³-hybridized carbons (Fsp3) is 0.600. The fourth-order valence-electron chi connectivity index (χ4n) is 2.46. The number of carbonyl (C=O) groups is 1. The van der Waals surface area contributed by atoms with Crippen molar-refractivity contribution >= 4 is 21.8 Å². The Morgan fingerprint density at radius 1 is 1.35 bits per heavy atom. The standard InChI is InChI=1S/C15H22BrN3O/c1-15(2,3)19-8-6-12(7-9-19)18-14(20)13-5-4-11(16)10-17-13/h4-5,10,12H,6-9H2,1-3H3,(H,18,20). The minimum Gasteiger partial charge on any atom is -0.348 e. The van der Waals surface area contributed by atoms with Gasteiger partial charge in [0.1, 0.15) is 5.69 Å². The second-order valence-corrected chi connectivity index (χ2v) is 7.18. The van der Waals surface area contributed by atoms with E-state index in [1.54, 1.807) is 12.3 Å². The van der Waals surface area contributed by atoms with Gasteiger partial charge in [0, 0.05) is 35.3 Å². The van der Waals surface area contributed by atoms with Crippen LogP contribution in [0.5, 0.6) is 0 Å². The highest BCUT2D eigenvalue weighted by molar-refractivity contribution is 9.10. The van der Waals surface area contributed by atoms with E-state index in [1.807, 2.05) is 6.07 Å². The van der Waals surface area contributed by atoms with Crippen LogP contribution in [0.4, 0.5) is 0 Å². The van der Waals surface area contributed by atoms with Crippen molar-refractivity contribution in [2.24, 2.45) is 0 Å². The van der Waals surface area contributed by atoms with Gasteiger partial charge in [0.2, 0.25) is 0 Å². The van der Waals surface area contributed by atoms with E-state index in [9.17, 15) is 4.79 Å². The molecule has 0 atom stereocenters. The van der Waals surface area contributed by atoms with Gasteiger partial charge in [0.15, 0.2) is 0 Å². The number of nitrogens with one attached hydrogen (secondary N) is 1. The summed E-state index contributed by atoms with van der Waals surface area (Å²) in [6, 6.07) is 3.83. The summed E-state index contributed by atoms with van der Waals surface area (Å²) in [6.45, 7) is 8.76. The van der Waals surface area contributed by atoms with Crippen LogP contribution >= 0.6 is 15.9 Å². The molecule has 2 heterocycles. The molecular formula is C15H22BrN3O. The summed E-state index contributed by atoms with van der Waals surface area (Å²) < 4.78 is 0.882. The average Bonchev–Trinajstić information content (AvgIpc) is 2.39. The van der Waals surface area contributed by atoms with E-state index < -0.39 is 0 Å². The molecule has 1 aromatic heterocycles. The van der Waals surface area contributed by atoms with Crippen molar-refractivity contribution in [1.82, 2.24) is 15.2 Å². The Morgan fingerprint density at radius 3 is 2.50 bits per heavy atom. The smallest absolute Gasteiger partial charge is 0.270 e. The zero-order valence-corrected chi connectivity index (χ0v) is 13.9. The van der Waals surface area contributed by atoms with E-state index in [1.165, 1.54) is 0 Å². The van der Waals surface area contributed by atoms with Crippen LogP contribution in [0.2, 0.25) is 0 Å². The normalized spacial score (nSPS) is 18.0. The van der Waals surface area contributed by atoms with E-state index >= 15 is 0 Å². The summed E-state index contributed by atoms with van der Waals surface area (Å²) in [6.07, 6.45) is 3.65. The number of hydrogen-bond donors (Lipinski definition) is 1. The number of amides is 1. The summed E-state index contributed by atoms with van der Waals surface area (Å²) in [4.78, 5) is 18.7. The summed E-state index contributed by atoms with van der Waals surface area (Å²) in [5.41, 5.74) is 0.689. The van der Waals surface area contributed by atoms with Gasteiger partial charge in [-0.25, -0.2) is 4.98 Å². The van der Waals surface area contributed by atoms with Gasteiger partial charge in [0.05, 0.1) is 0 Å². The minimum absolute atomic E-state index is 0.0771. The fourth-order valence-corrected chi connectivity index (χ4v) is 2.70. The van der Waals surface area contributed by atoms with Crippen molar-refractivity contribution in [3.8, 4) is 0 Å². The molecule has 4 nitrogen and oxygen atoms in total. The van der Waals surface area contributed by atoms with Crippen molar-refractivity contribution in [3.63, 3.8) is 0 Å². The van der Waals surface area contributed by atoms with Gasteiger partial charge in [-0.2, -0.15) is 0 Å². The quantitative estimate of drug-likeness (QED) is 0.901. The lowest BCUT2D eigenvalue weighted by molar-refractivity contribution is 0.0809. The molecular weight excluding hydrogens is 318 g/mol. The van der Waals surface area contributed by atoms with E-state index in [4.69, 9.17) is 0 Å². The third kappa shape index (κ3) is 4.03. The molecule has 2 rings (SSSR count). The molecule has 0 spiro atoms. The van der Waals surface area contributed by atoms with Crippen molar-refractivity contribution in [2.75, 3.05) is 13.1 Å². The van der Waals surface area contributed by atoms with Gasteiger partial charge >= 0.3 is 0 Å². The molecule has 0 aromatic carbocycles. The summed E-state index contributed by atoms with van der Waals surface area (Å²) >= 11 is 3.32. The van der Waals surface area contributed by atoms with Gasteiger partial charge in [-0.1, -0.05) is 0 Å². The number of nitrogens with zero attached hydrogens (tertiary/aromatic N) is 2. The molecule has 1 aliphatic heterocycles. The third-order valence-electron chi connectivity index (χ3n) is 3.74. The van der Waals surface area contributed by atoms with E-state index in [0.29, 0.717) is 5.69 Å². The van der Waals surface area contributed by atoms with Crippen molar-refractivity contribution < 1.29 is 4.79 Å². The number of aromatic nitrogens is 1. The number of pyridine rings is 1. The zero-order valence-electron chi connectivity index (χ0n) is 12.3. The number of piperidine rings is 1. The van der Waals surface area contributed by atoms with Crippen LogP contribution in [0.15, 0.2) is 22.8 Å². The lowest BCUT2D eigenvalue weighted by Crippen LogP contribution is -2.50. The highest BCUT2D eigenvalue weighted by atomic mass is 79.9. The van der Waals surface area contributed by atoms with Crippen LogP contribution in [0.3, 0.4) is 0 Å². The number of likely N-dealkylation sites (tertiary alicyclic amines) is 1. The maximum Gasteiger partial charge on any atom is 0.270 e. The van der Waals surface area contributed by atoms with Crippen LogP contribution in [0.25, 0.3) is 0 Å². The maximum atomic E-state index is 12.1. The molecule has 0 bridgehead atoms. The Balaban J connectivity index is 1.86. The van der Waals surface area contributed by atoms with Crippen LogP contribution in [-0.4, -0.2) is 40.5 Å². The van der Waals surface area contributed by atoms with Gasteiger partial charge in [-0.15, -0.1) is 0 Å². The largest absolute Gasteiger partial charge is 0.348 e. The predicted octanol–water partition coefficient (Wildman–Crippen LogP) is 2.84. The first-order chi connectivity index (χ1) is 9.36. The van der Waals surface area contributed by atoms with Crippen molar-refractivity contribution in [2.45, 2.75) is 45.2 Å². The monoisotopic (exact) mass is 339 g/mol. The lowest BCUT2D eigenvalue weighted by atomic mass is 9.98. The third-order valence-corrected chi connectivity index (χ3v) is 4.21. The Morgan fingerprint density at radius 2 is 2.00 bits per heavy atom. The van der Waals surface area contributed by atoms with E-state index in [-0.39, 0.29) is 17.5 Å². The first-order valence-corrected chi connectivity index (χ1v) is 7.83. The van der Waals surface area contributed by atoms with Crippen LogP contribution in [-0.2, 0) is 0 Å². The molecule has 0 aliphatic carbocycles. The Kier molecular flexibility index (Phi) is 4.81. The van der Waals surface area contributed by atoms with Crippen LogP contribution in [0.1, 0.15) is 44.1 Å². The van der Waals surface area contributed by atoms with Gasteiger partial charge in [0.25, 0.3) is 5.91 Å². The molecule has 0 unspecified atom stereocenters. The molecule has 1 aliphatic rings. The molecule has 110 valence electrons. The first kappa shape index (κ1) is 15.4. The molecule has 5 heteroatoms. The highest BCUT2D eigenvalue weighted by Gasteiger charge is 2.27. The maximum absolute atomic E-state index is 12.1. The Labute approximate surface area is 129 Å². The first-order valence-electron chi connectivity index (χ1n) is 7.04. The molecule has 1 amide bonds. The Bertz CT molecular complexity index is 459. The summed E-state index contributed by atoms with van der Waals surface area (Å²) in [5, 5.41) is 3.08. The molecule has 1 saturated heterocycles. The second kappa shape index (κ2) is 6.22. The molecule has 1 N–H and O–H groups in total. The van der Waals surface area contributed by atoms with Crippen molar-refractivity contribution in [3.05, 3.63) is 28.5 Å². The SMILES string of the molecule is CC(C)(C)N1CCC(NC(=O)c2ccc(Br)cn2)CC1. The topological polar surface area (TPSA) is 45.2 Å². The number of carbonyl (C=O) groups excluding carboxylic acids is 1. The zero-order chi connectivity index (χ0) is 14.8. The summed E-state index contributed by atoms with van der Waals surface area (Å²) in [5.74, 6) is -0.0771. The Hall–Kier alpha value is -0.940. The molecule has 1 fully saturated rings.